The van der Waals surface area contributed by atoms with Crippen molar-refractivity contribution < 1.29 is 14.6 Å². The molecule has 0 aliphatic rings. The van der Waals surface area contributed by atoms with Crippen molar-refractivity contribution in [2.24, 2.45) is 0 Å². The topological polar surface area (TPSA) is 51.6 Å². The third-order valence-electron chi connectivity index (χ3n) is 2.65. The van der Waals surface area contributed by atoms with Crippen molar-refractivity contribution in [3.63, 3.8) is 0 Å². The summed E-state index contributed by atoms with van der Waals surface area (Å²) in [5.74, 6) is 1.34. The maximum absolute atomic E-state index is 9.91. The molecule has 1 aromatic carbocycles. The minimum Gasteiger partial charge on any atom is -0.507 e. The number of fused-ring (bicyclic) bond motifs is 1. The maximum Gasteiger partial charge on any atom is 0.217 e. The van der Waals surface area contributed by atoms with Crippen LogP contribution in [0, 0.1) is 6.92 Å². The van der Waals surface area contributed by atoms with E-state index in [1.54, 1.807) is 13.2 Å². The smallest absolute Gasteiger partial charge is 0.217 e. The first-order chi connectivity index (χ1) is 8.17. The highest BCUT2D eigenvalue weighted by Crippen LogP contribution is 2.33. The highest BCUT2D eigenvalue weighted by atomic mass is 16.5. The standard InChI is InChI=1S/C13H15NO3/c1-4-17-12-7-10(15)9-5-6-11(16-3)8(2)13(9)14-12/h5-7H,4H2,1-3H3,(H,14,15). The van der Waals surface area contributed by atoms with E-state index < -0.39 is 0 Å². The van der Waals surface area contributed by atoms with Crippen molar-refractivity contribution >= 4 is 10.9 Å². The molecule has 4 nitrogen and oxygen atoms in total. The number of aryl methyl sites for hydroxylation is 1. The number of aromatic nitrogens is 1. The van der Waals surface area contributed by atoms with Crippen LogP contribution < -0.4 is 9.47 Å². The minimum absolute atomic E-state index is 0.171. The van der Waals surface area contributed by atoms with Gasteiger partial charge >= 0.3 is 0 Å². The van der Waals surface area contributed by atoms with Crippen molar-refractivity contribution in [2.75, 3.05) is 13.7 Å². The molecule has 2 rings (SSSR count). The van der Waals surface area contributed by atoms with Gasteiger partial charge in [-0.1, -0.05) is 0 Å². The molecule has 0 bridgehead atoms. The van der Waals surface area contributed by atoms with Crippen molar-refractivity contribution in [3.05, 3.63) is 23.8 Å². The first kappa shape index (κ1) is 11.5. The molecule has 0 saturated heterocycles. The van der Waals surface area contributed by atoms with E-state index in [2.05, 4.69) is 4.98 Å². The Morgan fingerprint density at radius 3 is 2.76 bits per heavy atom. The Balaban J connectivity index is 2.70. The van der Waals surface area contributed by atoms with E-state index >= 15 is 0 Å². The van der Waals surface area contributed by atoms with Gasteiger partial charge < -0.3 is 14.6 Å². The molecule has 4 heteroatoms. The summed E-state index contributed by atoms with van der Waals surface area (Å²) in [4.78, 5) is 4.37. The van der Waals surface area contributed by atoms with E-state index in [9.17, 15) is 5.11 Å². The van der Waals surface area contributed by atoms with Crippen LogP contribution in [0.3, 0.4) is 0 Å². The van der Waals surface area contributed by atoms with Crippen molar-refractivity contribution in [1.29, 1.82) is 0 Å². The lowest BCUT2D eigenvalue weighted by Gasteiger charge is -2.10. The first-order valence-corrected chi connectivity index (χ1v) is 5.47. The number of ether oxygens (including phenoxy) is 2. The van der Waals surface area contributed by atoms with Crippen molar-refractivity contribution in [3.8, 4) is 17.4 Å². The van der Waals surface area contributed by atoms with Gasteiger partial charge in [-0.25, -0.2) is 4.98 Å². The normalized spacial score (nSPS) is 10.5. The van der Waals surface area contributed by atoms with Crippen molar-refractivity contribution in [2.45, 2.75) is 13.8 Å². The second-order valence-electron chi connectivity index (χ2n) is 3.70. The van der Waals surface area contributed by atoms with Crippen LogP contribution in [-0.2, 0) is 0 Å². The lowest BCUT2D eigenvalue weighted by Crippen LogP contribution is -1.96. The number of aromatic hydroxyl groups is 1. The lowest BCUT2D eigenvalue weighted by molar-refractivity contribution is 0.325. The number of hydrogen-bond acceptors (Lipinski definition) is 4. The summed E-state index contributed by atoms with van der Waals surface area (Å²) in [7, 11) is 1.61. The molecule has 0 unspecified atom stereocenters. The summed E-state index contributed by atoms with van der Waals surface area (Å²) in [5, 5.41) is 10.6. The molecule has 1 N–H and O–H groups in total. The molecule has 0 amide bonds. The zero-order valence-electron chi connectivity index (χ0n) is 10.2. The molecule has 0 spiro atoms. The van der Waals surface area contributed by atoms with Gasteiger partial charge in [0.1, 0.15) is 11.5 Å². The van der Waals surface area contributed by atoms with Crippen LogP contribution in [0.1, 0.15) is 12.5 Å². The fourth-order valence-corrected chi connectivity index (χ4v) is 1.81. The van der Waals surface area contributed by atoms with Gasteiger partial charge in [0.05, 0.1) is 19.2 Å². The molecular formula is C13H15NO3. The second-order valence-corrected chi connectivity index (χ2v) is 3.70. The summed E-state index contributed by atoms with van der Waals surface area (Å²) < 4.78 is 10.5. The fourth-order valence-electron chi connectivity index (χ4n) is 1.81. The minimum atomic E-state index is 0.171. The van der Waals surface area contributed by atoms with E-state index in [0.29, 0.717) is 23.4 Å². The molecule has 0 aliphatic heterocycles. The van der Waals surface area contributed by atoms with Crippen LogP contribution in [0.25, 0.3) is 10.9 Å². The Morgan fingerprint density at radius 1 is 1.35 bits per heavy atom. The van der Waals surface area contributed by atoms with E-state index in [1.165, 1.54) is 6.07 Å². The Kier molecular flexibility index (Phi) is 3.04. The van der Waals surface area contributed by atoms with E-state index in [1.807, 2.05) is 19.9 Å². The summed E-state index contributed by atoms with van der Waals surface area (Å²) in [6.45, 7) is 4.30. The van der Waals surface area contributed by atoms with Gasteiger partial charge in [0.25, 0.3) is 0 Å². The summed E-state index contributed by atoms with van der Waals surface area (Å²) in [6.07, 6.45) is 0. The molecule has 17 heavy (non-hydrogen) atoms. The Morgan fingerprint density at radius 2 is 2.12 bits per heavy atom. The Labute approximate surface area is 99.8 Å². The predicted octanol–water partition coefficient (Wildman–Crippen LogP) is 2.66. The molecule has 0 atom stereocenters. The number of hydrogen-bond donors (Lipinski definition) is 1. The predicted molar refractivity (Wildman–Crippen MR) is 65.9 cm³/mol. The number of pyridine rings is 1. The average molecular weight is 233 g/mol. The molecule has 1 heterocycles. The molecule has 2 aromatic rings. The number of nitrogens with zero attached hydrogens (tertiary/aromatic N) is 1. The molecule has 1 aromatic heterocycles. The van der Waals surface area contributed by atoms with Crippen LogP contribution in [0.5, 0.6) is 17.4 Å². The Hall–Kier alpha value is -1.97. The van der Waals surface area contributed by atoms with E-state index in [-0.39, 0.29) is 5.75 Å². The monoisotopic (exact) mass is 233 g/mol. The number of rotatable bonds is 3. The van der Waals surface area contributed by atoms with Gasteiger partial charge in [0, 0.05) is 17.0 Å². The lowest BCUT2D eigenvalue weighted by atomic mass is 10.1. The van der Waals surface area contributed by atoms with Crippen LogP contribution in [0.4, 0.5) is 0 Å². The molecule has 90 valence electrons. The molecule has 0 saturated carbocycles. The number of methoxy groups -OCH3 is 1. The van der Waals surface area contributed by atoms with Crippen LogP contribution in [0.15, 0.2) is 18.2 Å². The van der Waals surface area contributed by atoms with Gasteiger partial charge in [-0.3, -0.25) is 0 Å². The molecule has 0 fully saturated rings. The largest absolute Gasteiger partial charge is 0.507 e. The number of benzene rings is 1. The van der Waals surface area contributed by atoms with Gasteiger partial charge in [0.15, 0.2) is 0 Å². The van der Waals surface area contributed by atoms with Gasteiger partial charge in [-0.05, 0) is 26.0 Å². The third-order valence-corrected chi connectivity index (χ3v) is 2.65. The van der Waals surface area contributed by atoms with Gasteiger partial charge in [-0.15, -0.1) is 0 Å². The van der Waals surface area contributed by atoms with Crippen molar-refractivity contribution in [1.82, 2.24) is 4.98 Å². The SMILES string of the molecule is CCOc1cc(O)c2ccc(OC)c(C)c2n1. The van der Waals surface area contributed by atoms with Crippen LogP contribution in [-0.4, -0.2) is 23.8 Å². The second kappa shape index (κ2) is 4.49. The van der Waals surface area contributed by atoms with E-state index in [0.717, 1.165) is 11.3 Å². The average Bonchev–Trinajstić information content (AvgIpc) is 2.31. The van der Waals surface area contributed by atoms with Gasteiger partial charge in [0.2, 0.25) is 5.88 Å². The zero-order valence-corrected chi connectivity index (χ0v) is 10.2. The summed E-state index contributed by atoms with van der Waals surface area (Å²) >= 11 is 0. The summed E-state index contributed by atoms with van der Waals surface area (Å²) in [6, 6.07) is 5.14. The first-order valence-electron chi connectivity index (χ1n) is 5.47. The molecule has 0 aliphatic carbocycles. The highest BCUT2D eigenvalue weighted by molar-refractivity contribution is 5.89. The van der Waals surface area contributed by atoms with E-state index in [4.69, 9.17) is 9.47 Å². The fraction of sp³-hybridized carbons (Fsp3) is 0.308. The third kappa shape index (κ3) is 1.98. The van der Waals surface area contributed by atoms with Crippen LogP contribution in [0.2, 0.25) is 0 Å². The molecular weight excluding hydrogens is 218 g/mol. The summed E-state index contributed by atoms with van der Waals surface area (Å²) in [5.41, 5.74) is 1.59. The van der Waals surface area contributed by atoms with Gasteiger partial charge in [-0.2, -0.15) is 0 Å². The molecule has 0 radical (unpaired) electrons. The Bertz CT molecular complexity index is 552. The quantitative estimate of drug-likeness (QED) is 0.885. The maximum atomic E-state index is 9.91. The highest BCUT2D eigenvalue weighted by Gasteiger charge is 2.10. The van der Waals surface area contributed by atoms with Crippen LogP contribution >= 0.6 is 0 Å². The zero-order chi connectivity index (χ0) is 12.4.